The van der Waals surface area contributed by atoms with Gasteiger partial charge in [-0.05, 0) is 25.1 Å². The van der Waals surface area contributed by atoms with Crippen molar-refractivity contribution in [2.24, 2.45) is 5.92 Å². The third-order valence-electron chi connectivity index (χ3n) is 5.23. The minimum Gasteiger partial charge on any atom is -0.487 e. The second-order valence-corrected chi connectivity index (χ2v) is 7.18. The van der Waals surface area contributed by atoms with Crippen LogP contribution in [0.1, 0.15) is 12.8 Å². The Morgan fingerprint density at radius 3 is 2.92 bits per heavy atom. The average molecular weight is 387 g/mol. The Bertz CT molecular complexity index is 618. The smallest absolute Gasteiger partial charge is 0.241 e. The molecule has 4 atom stereocenters. The highest BCUT2D eigenvalue weighted by atomic mass is 35.5. The fourth-order valence-electron chi connectivity index (χ4n) is 3.90. The van der Waals surface area contributed by atoms with Crippen molar-refractivity contribution in [1.29, 1.82) is 0 Å². The number of nitrogens with zero attached hydrogens (tertiary/aromatic N) is 1. The molecule has 0 radical (unpaired) electrons. The van der Waals surface area contributed by atoms with Crippen LogP contribution >= 0.6 is 24.0 Å². The molecule has 1 aromatic carbocycles. The van der Waals surface area contributed by atoms with Gasteiger partial charge >= 0.3 is 0 Å². The largest absolute Gasteiger partial charge is 0.487 e. The van der Waals surface area contributed by atoms with Gasteiger partial charge in [0.2, 0.25) is 5.91 Å². The summed E-state index contributed by atoms with van der Waals surface area (Å²) in [4.78, 5) is 14.8. The summed E-state index contributed by atoms with van der Waals surface area (Å²) in [6.45, 7) is 3.24. The summed E-state index contributed by atoms with van der Waals surface area (Å²) in [6.07, 6.45) is 1.90. The summed E-state index contributed by atoms with van der Waals surface area (Å²) in [5, 5.41) is 4.00. The van der Waals surface area contributed by atoms with Gasteiger partial charge in [0, 0.05) is 31.5 Å². The van der Waals surface area contributed by atoms with Crippen molar-refractivity contribution < 1.29 is 9.53 Å². The van der Waals surface area contributed by atoms with E-state index in [1.54, 1.807) is 0 Å². The van der Waals surface area contributed by atoms with E-state index in [0.717, 1.165) is 32.5 Å². The second-order valence-electron chi connectivity index (χ2n) is 6.77. The highest BCUT2D eigenvalue weighted by Crippen LogP contribution is 2.28. The number of para-hydroxylation sites is 1. The van der Waals surface area contributed by atoms with Crippen molar-refractivity contribution >= 4 is 29.9 Å². The maximum absolute atomic E-state index is 12.9. The first-order valence-corrected chi connectivity index (χ1v) is 9.02. The van der Waals surface area contributed by atoms with Gasteiger partial charge in [0.05, 0.1) is 11.6 Å². The number of piperidine rings is 1. The van der Waals surface area contributed by atoms with E-state index < -0.39 is 0 Å². The van der Waals surface area contributed by atoms with Gasteiger partial charge < -0.3 is 15.0 Å². The summed E-state index contributed by atoms with van der Waals surface area (Å²) < 4.78 is 5.98. The molecule has 3 heterocycles. The first-order chi connectivity index (χ1) is 11.7. The minimum absolute atomic E-state index is 0. The lowest BCUT2D eigenvalue weighted by Crippen LogP contribution is -2.50. The Labute approximate surface area is 159 Å². The average Bonchev–Trinajstić information content (AvgIpc) is 3.23. The lowest BCUT2D eigenvalue weighted by atomic mass is 9.89. The number of hydrogen-bond donors (Lipinski definition) is 3. The number of benzene rings is 1. The van der Waals surface area contributed by atoms with Crippen LogP contribution in [0.15, 0.2) is 24.3 Å². The second kappa shape index (κ2) is 8.10. The van der Waals surface area contributed by atoms with Crippen LogP contribution in [-0.4, -0.2) is 55.2 Å². The van der Waals surface area contributed by atoms with Gasteiger partial charge in [-0.15, -0.1) is 12.4 Å². The molecule has 4 unspecified atom stereocenters. The number of halogens is 2. The Kier molecular flexibility index (Phi) is 6.07. The van der Waals surface area contributed by atoms with Crippen LogP contribution in [0.2, 0.25) is 5.02 Å². The topological polar surface area (TPSA) is 65.6 Å². The van der Waals surface area contributed by atoms with Crippen LogP contribution in [0.3, 0.4) is 0 Å². The van der Waals surface area contributed by atoms with Gasteiger partial charge in [-0.2, -0.15) is 0 Å². The van der Waals surface area contributed by atoms with E-state index in [4.69, 9.17) is 16.3 Å². The molecular weight excluding hydrogens is 363 g/mol. The quantitative estimate of drug-likeness (QED) is 0.728. The zero-order valence-corrected chi connectivity index (χ0v) is 15.5. The summed E-state index contributed by atoms with van der Waals surface area (Å²) in [5.74, 6) is 1.18. The molecule has 138 valence electrons. The summed E-state index contributed by atoms with van der Waals surface area (Å²) in [5.41, 5.74) is 6.49. The minimum atomic E-state index is -0.151. The molecule has 0 bridgehead atoms. The van der Waals surface area contributed by atoms with E-state index in [1.165, 1.54) is 0 Å². The van der Waals surface area contributed by atoms with Crippen molar-refractivity contribution in [1.82, 2.24) is 21.1 Å². The summed E-state index contributed by atoms with van der Waals surface area (Å²) in [7, 11) is 0. The number of fused-ring (bicyclic) bond motifs is 1. The Balaban J connectivity index is 0.00000182. The first kappa shape index (κ1) is 18.7. The molecule has 25 heavy (non-hydrogen) atoms. The highest BCUT2D eigenvalue weighted by molar-refractivity contribution is 6.32. The molecule has 1 aromatic rings. The molecule has 8 heteroatoms. The predicted octanol–water partition coefficient (Wildman–Crippen LogP) is 1.20. The molecule has 3 aliphatic rings. The number of ether oxygens (including phenoxy) is 1. The van der Waals surface area contributed by atoms with E-state index >= 15 is 0 Å². The van der Waals surface area contributed by atoms with E-state index in [2.05, 4.69) is 16.2 Å². The fourth-order valence-corrected chi connectivity index (χ4v) is 4.08. The number of rotatable bonds is 3. The van der Waals surface area contributed by atoms with Crippen LogP contribution in [0.5, 0.6) is 5.75 Å². The predicted molar refractivity (Wildman–Crippen MR) is 99.1 cm³/mol. The molecule has 6 nitrogen and oxygen atoms in total. The molecule has 1 amide bonds. The highest BCUT2D eigenvalue weighted by Gasteiger charge is 2.43. The monoisotopic (exact) mass is 386 g/mol. The maximum Gasteiger partial charge on any atom is 0.241 e. The van der Waals surface area contributed by atoms with E-state index in [1.807, 2.05) is 29.2 Å². The summed E-state index contributed by atoms with van der Waals surface area (Å²) >= 11 is 6.15. The fraction of sp³-hybridized carbons (Fsp3) is 0.588. The maximum atomic E-state index is 12.9. The van der Waals surface area contributed by atoms with Crippen molar-refractivity contribution in [2.75, 3.05) is 26.2 Å². The number of carbonyl (C=O) groups is 1. The number of hydrogen-bond acceptors (Lipinski definition) is 5. The molecule has 3 N–H and O–H groups in total. The van der Waals surface area contributed by atoms with Gasteiger partial charge in [-0.3, -0.25) is 10.2 Å². The van der Waals surface area contributed by atoms with Crippen molar-refractivity contribution in [3.8, 4) is 5.75 Å². The molecule has 0 aromatic heterocycles. The molecule has 0 aliphatic carbocycles. The summed E-state index contributed by atoms with van der Waals surface area (Å²) in [6, 6.07) is 7.71. The van der Waals surface area contributed by atoms with Crippen LogP contribution in [0, 0.1) is 5.92 Å². The Morgan fingerprint density at radius 1 is 1.24 bits per heavy atom. The van der Waals surface area contributed by atoms with E-state index in [0.29, 0.717) is 29.3 Å². The van der Waals surface area contributed by atoms with E-state index in [-0.39, 0.29) is 30.5 Å². The molecule has 3 aliphatic heterocycles. The first-order valence-electron chi connectivity index (χ1n) is 8.64. The molecule has 0 saturated carbocycles. The Morgan fingerprint density at radius 2 is 2.08 bits per heavy atom. The SMILES string of the molecule is Cl.O=C(C1NNC2CCNCC21)N1CCC(Oc2ccccc2Cl)C1. The van der Waals surface area contributed by atoms with Gasteiger partial charge in [0.15, 0.2) is 0 Å². The van der Waals surface area contributed by atoms with Gasteiger partial charge in [0.1, 0.15) is 17.9 Å². The third kappa shape index (κ3) is 3.88. The zero-order valence-electron chi connectivity index (χ0n) is 13.9. The van der Waals surface area contributed by atoms with Crippen molar-refractivity contribution in [2.45, 2.75) is 31.0 Å². The molecule has 3 fully saturated rings. The van der Waals surface area contributed by atoms with Crippen LogP contribution < -0.4 is 20.9 Å². The third-order valence-corrected chi connectivity index (χ3v) is 5.55. The normalized spacial score (nSPS) is 31.3. The van der Waals surface area contributed by atoms with Gasteiger partial charge in [0.25, 0.3) is 0 Å². The number of hydrazine groups is 1. The van der Waals surface area contributed by atoms with Crippen LogP contribution in [-0.2, 0) is 4.79 Å². The number of carbonyl (C=O) groups excluding carboxylic acids is 1. The van der Waals surface area contributed by atoms with Gasteiger partial charge in [-0.25, -0.2) is 5.43 Å². The lowest BCUT2D eigenvalue weighted by Gasteiger charge is -2.29. The van der Waals surface area contributed by atoms with E-state index in [9.17, 15) is 4.79 Å². The van der Waals surface area contributed by atoms with Crippen molar-refractivity contribution in [3.05, 3.63) is 29.3 Å². The van der Waals surface area contributed by atoms with Crippen LogP contribution in [0.4, 0.5) is 0 Å². The zero-order chi connectivity index (χ0) is 16.5. The van der Waals surface area contributed by atoms with Crippen LogP contribution in [0.25, 0.3) is 0 Å². The standard InChI is InChI=1S/C17H23ClN4O2.ClH/c18-13-3-1-2-4-15(13)24-11-6-8-22(10-11)17(23)16-12-9-19-7-5-14(12)20-21-16;/h1-4,11-12,14,16,19-21H,5-10H2;1H. The molecular formula is C17H24Cl2N4O2. The molecule has 4 rings (SSSR count). The number of amides is 1. The van der Waals surface area contributed by atoms with Crippen molar-refractivity contribution in [3.63, 3.8) is 0 Å². The molecule has 0 spiro atoms. The van der Waals surface area contributed by atoms with Gasteiger partial charge in [-0.1, -0.05) is 23.7 Å². The Hall–Kier alpha value is -1.05. The lowest BCUT2D eigenvalue weighted by molar-refractivity contribution is -0.133. The number of likely N-dealkylation sites (tertiary alicyclic amines) is 1. The number of nitrogens with one attached hydrogen (secondary N) is 3. The molecule has 3 saturated heterocycles.